The van der Waals surface area contributed by atoms with E-state index >= 15 is 0 Å². The van der Waals surface area contributed by atoms with Crippen LogP contribution >= 0.6 is 11.6 Å². The molecule has 0 radical (unpaired) electrons. The largest absolute Gasteiger partial charge is 0.322 e. The highest BCUT2D eigenvalue weighted by atomic mass is 35.5. The summed E-state index contributed by atoms with van der Waals surface area (Å²) in [7, 11) is 0. The molecule has 0 aliphatic carbocycles. The average molecular weight is 289 g/mol. The normalized spacial score (nSPS) is 9.90. The fraction of sp³-hybridized carbons (Fsp3) is 0.0667. The highest BCUT2D eigenvalue weighted by Gasteiger charge is 2.10. The third-order valence-corrected chi connectivity index (χ3v) is 3.10. The molecule has 0 saturated carbocycles. The summed E-state index contributed by atoms with van der Waals surface area (Å²) < 4.78 is 13.3. The fourth-order valence-electron chi connectivity index (χ4n) is 1.66. The van der Waals surface area contributed by atoms with E-state index in [4.69, 9.17) is 16.9 Å². The number of benzene rings is 2. The van der Waals surface area contributed by atoms with Crippen molar-refractivity contribution in [3.05, 3.63) is 63.9 Å². The summed E-state index contributed by atoms with van der Waals surface area (Å²) in [5.41, 5.74) is 1.93. The molecule has 0 aromatic heterocycles. The Balaban J connectivity index is 2.28. The lowest BCUT2D eigenvalue weighted by Crippen LogP contribution is -2.13. The number of carbonyl (C=O) groups is 1. The first-order valence-corrected chi connectivity index (χ1v) is 6.16. The van der Waals surface area contributed by atoms with Gasteiger partial charge < -0.3 is 5.32 Å². The molecule has 100 valence electrons. The van der Waals surface area contributed by atoms with E-state index < -0.39 is 11.7 Å². The molecule has 2 aromatic carbocycles. The van der Waals surface area contributed by atoms with E-state index in [2.05, 4.69) is 5.32 Å². The van der Waals surface area contributed by atoms with Gasteiger partial charge in [0.05, 0.1) is 16.7 Å². The summed E-state index contributed by atoms with van der Waals surface area (Å²) in [6.45, 7) is 1.80. The molecule has 0 atom stereocenters. The highest BCUT2D eigenvalue weighted by Crippen LogP contribution is 2.19. The molecule has 0 aliphatic rings. The van der Waals surface area contributed by atoms with Crippen LogP contribution in [-0.2, 0) is 0 Å². The molecular formula is C15H10ClFN2O. The first kappa shape index (κ1) is 14.0. The SMILES string of the molecule is Cc1ccc(C#N)cc1NC(=O)c1ccc(Cl)c(F)c1. The van der Waals surface area contributed by atoms with Gasteiger partial charge in [-0.05, 0) is 42.8 Å². The summed E-state index contributed by atoms with van der Waals surface area (Å²) >= 11 is 5.57. The summed E-state index contributed by atoms with van der Waals surface area (Å²) in [6, 6.07) is 10.8. The van der Waals surface area contributed by atoms with E-state index in [9.17, 15) is 9.18 Å². The molecule has 0 unspecified atom stereocenters. The second kappa shape index (κ2) is 5.72. The van der Waals surface area contributed by atoms with E-state index in [1.807, 2.05) is 6.07 Å². The lowest BCUT2D eigenvalue weighted by Gasteiger charge is -2.09. The van der Waals surface area contributed by atoms with Crippen molar-refractivity contribution in [2.24, 2.45) is 0 Å². The van der Waals surface area contributed by atoms with Crippen LogP contribution in [0.15, 0.2) is 36.4 Å². The van der Waals surface area contributed by atoms with Crippen LogP contribution in [0.4, 0.5) is 10.1 Å². The predicted octanol–water partition coefficient (Wildman–Crippen LogP) is 3.91. The van der Waals surface area contributed by atoms with Gasteiger partial charge in [0.2, 0.25) is 0 Å². The summed E-state index contributed by atoms with van der Waals surface area (Å²) in [4.78, 5) is 12.0. The van der Waals surface area contributed by atoms with Crippen LogP contribution in [-0.4, -0.2) is 5.91 Å². The maximum absolute atomic E-state index is 13.3. The van der Waals surface area contributed by atoms with Crippen LogP contribution in [0.25, 0.3) is 0 Å². The van der Waals surface area contributed by atoms with Crippen LogP contribution in [0, 0.1) is 24.1 Å². The molecule has 3 nitrogen and oxygen atoms in total. The van der Waals surface area contributed by atoms with Crippen LogP contribution < -0.4 is 5.32 Å². The van der Waals surface area contributed by atoms with Gasteiger partial charge in [0.15, 0.2) is 0 Å². The standard InChI is InChI=1S/C15H10ClFN2O/c1-9-2-3-10(8-18)6-14(9)19-15(20)11-4-5-12(16)13(17)7-11/h2-7H,1H3,(H,19,20). The molecule has 0 fully saturated rings. The zero-order valence-corrected chi connectivity index (χ0v) is 11.3. The number of rotatable bonds is 2. The topological polar surface area (TPSA) is 52.9 Å². The minimum Gasteiger partial charge on any atom is -0.322 e. The molecule has 0 heterocycles. The van der Waals surface area contributed by atoms with Gasteiger partial charge in [0.1, 0.15) is 5.82 Å². The van der Waals surface area contributed by atoms with Crippen LogP contribution in [0.3, 0.4) is 0 Å². The van der Waals surface area contributed by atoms with Gasteiger partial charge in [0.25, 0.3) is 5.91 Å². The number of anilines is 1. The molecule has 5 heteroatoms. The van der Waals surface area contributed by atoms with E-state index in [1.165, 1.54) is 12.1 Å². The summed E-state index contributed by atoms with van der Waals surface area (Å²) in [5.74, 6) is -1.11. The molecule has 1 amide bonds. The molecule has 0 saturated heterocycles. The van der Waals surface area contributed by atoms with Crippen LogP contribution in [0.5, 0.6) is 0 Å². The van der Waals surface area contributed by atoms with E-state index in [0.717, 1.165) is 11.6 Å². The van der Waals surface area contributed by atoms with Gasteiger partial charge >= 0.3 is 0 Å². The quantitative estimate of drug-likeness (QED) is 0.911. The third-order valence-electron chi connectivity index (χ3n) is 2.80. The van der Waals surface area contributed by atoms with Crippen molar-refractivity contribution in [3.63, 3.8) is 0 Å². The zero-order chi connectivity index (χ0) is 14.7. The van der Waals surface area contributed by atoms with Gasteiger partial charge in [0, 0.05) is 11.3 Å². The number of nitrogens with one attached hydrogen (secondary N) is 1. The Morgan fingerprint density at radius 2 is 2.05 bits per heavy atom. The van der Waals surface area contributed by atoms with Crippen LogP contribution in [0.2, 0.25) is 5.02 Å². The Morgan fingerprint density at radius 1 is 1.30 bits per heavy atom. The number of carbonyl (C=O) groups excluding carboxylic acids is 1. The van der Waals surface area contributed by atoms with E-state index in [0.29, 0.717) is 11.3 Å². The highest BCUT2D eigenvalue weighted by molar-refractivity contribution is 6.30. The van der Waals surface area contributed by atoms with Crippen LogP contribution in [0.1, 0.15) is 21.5 Å². The van der Waals surface area contributed by atoms with Crippen molar-refractivity contribution in [1.82, 2.24) is 0 Å². The first-order valence-electron chi connectivity index (χ1n) is 5.78. The number of aryl methyl sites for hydroxylation is 1. The van der Waals surface area contributed by atoms with Crippen molar-refractivity contribution < 1.29 is 9.18 Å². The van der Waals surface area contributed by atoms with Gasteiger partial charge in [-0.3, -0.25) is 4.79 Å². The number of amides is 1. The van der Waals surface area contributed by atoms with Crippen molar-refractivity contribution in [2.45, 2.75) is 6.92 Å². The Labute approximate surface area is 120 Å². The Bertz CT molecular complexity index is 722. The zero-order valence-electron chi connectivity index (χ0n) is 10.6. The molecule has 20 heavy (non-hydrogen) atoms. The van der Waals surface area contributed by atoms with Crippen molar-refractivity contribution in [3.8, 4) is 6.07 Å². The molecule has 0 spiro atoms. The van der Waals surface area contributed by atoms with E-state index in [-0.39, 0.29) is 10.6 Å². The maximum Gasteiger partial charge on any atom is 0.255 e. The fourth-order valence-corrected chi connectivity index (χ4v) is 1.78. The molecule has 2 rings (SSSR count). The predicted molar refractivity (Wildman–Crippen MR) is 75.3 cm³/mol. The number of hydrogen-bond donors (Lipinski definition) is 1. The number of hydrogen-bond acceptors (Lipinski definition) is 2. The number of nitriles is 1. The maximum atomic E-state index is 13.3. The number of halogens is 2. The smallest absolute Gasteiger partial charge is 0.255 e. The molecule has 0 aliphatic heterocycles. The minimum atomic E-state index is -0.651. The summed E-state index contributed by atoms with van der Waals surface area (Å²) in [6.07, 6.45) is 0. The molecular weight excluding hydrogens is 279 g/mol. The molecule has 2 aromatic rings. The van der Waals surface area contributed by atoms with Gasteiger partial charge in [-0.25, -0.2) is 4.39 Å². The van der Waals surface area contributed by atoms with Crippen molar-refractivity contribution >= 4 is 23.2 Å². The Kier molecular flexibility index (Phi) is 4.02. The van der Waals surface area contributed by atoms with Gasteiger partial charge in [-0.1, -0.05) is 17.7 Å². The third kappa shape index (κ3) is 2.95. The lowest BCUT2D eigenvalue weighted by atomic mass is 10.1. The van der Waals surface area contributed by atoms with Gasteiger partial charge in [-0.2, -0.15) is 5.26 Å². The first-order chi connectivity index (χ1) is 9.51. The van der Waals surface area contributed by atoms with Gasteiger partial charge in [-0.15, -0.1) is 0 Å². The Morgan fingerprint density at radius 3 is 2.70 bits per heavy atom. The second-order valence-electron chi connectivity index (χ2n) is 4.22. The summed E-state index contributed by atoms with van der Waals surface area (Å²) in [5, 5.41) is 11.5. The second-order valence-corrected chi connectivity index (χ2v) is 4.63. The molecule has 1 N–H and O–H groups in total. The lowest BCUT2D eigenvalue weighted by molar-refractivity contribution is 0.102. The number of nitrogens with zero attached hydrogens (tertiary/aromatic N) is 1. The minimum absolute atomic E-state index is 0.0378. The monoisotopic (exact) mass is 288 g/mol. The van der Waals surface area contributed by atoms with Crippen molar-refractivity contribution in [1.29, 1.82) is 5.26 Å². The van der Waals surface area contributed by atoms with E-state index in [1.54, 1.807) is 25.1 Å². The van der Waals surface area contributed by atoms with Crippen molar-refractivity contribution in [2.75, 3.05) is 5.32 Å². The average Bonchev–Trinajstić information content (AvgIpc) is 2.44. The molecule has 0 bridgehead atoms. The Hall–Kier alpha value is -2.38.